The van der Waals surface area contributed by atoms with Crippen LogP contribution in [0.4, 0.5) is 0 Å². The van der Waals surface area contributed by atoms with Gasteiger partial charge in [-0.15, -0.1) is 11.3 Å². The number of thiazole rings is 1. The zero-order valence-electron chi connectivity index (χ0n) is 16.1. The molecule has 8 heteroatoms. The number of nitrogens with zero attached hydrogens (tertiary/aromatic N) is 4. The van der Waals surface area contributed by atoms with Crippen molar-refractivity contribution in [1.29, 1.82) is 0 Å². The zero-order valence-corrected chi connectivity index (χ0v) is 17.0. The van der Waals surface area contributed by atoms with Gasteiger partial charge in [0.2, 0.25) is 5.91 Å². The van der Waals surface area contributed by atoms with Crippen molar-refractivity contribution < 1.29 is 14.7 Å². The van der Waals surface area contributed by atoms with Gasteiger partial charge in [0.1, 0.15) is 0 Å². The summed E-state index contributed by atoms with van der Waals surface area (Å²) >= 11 is 1.62. The summed E-state index contributed by atoms with van der Waals surface area (Å²) in [5, 5.41) is 13.8. The van der Waals surface area contributed by atoms with Crippen LogP contribution in [0.25, 0.3) is 0 Å². The normalized spacial score (nSPS) is 22.1. The first-order chi connectivity index (χ1) is 13.5. The Kier molecular flexibility index (Phi) is 5.48. The van der Waals surface area contributed by atoms with Gasteiger partial charge in [-0.3, -0.25) is 19.3 Å². The lowest BCUT2D eigenvalue weighted by molar-refractivity contribution is -0.143. The number of carbonyl (C=O) groups excluding carboxylic acids is 1. The standard InChI is InChI=1S/C20H26N4O3S/c1-13-17-6-7-23(11-18(17)24(22-13)10-16-9-21-12-28-16)19(25)8-14-2-4-15(5-3-14)20(26)27/h9,12,14-15H,2-8,10-11H2,1H3,(H,26,27)/t14-,15-. The highest BCUT2D eigenvalue weighted by molar-refractivity contribution is 7.09. The molecule has 0 radical (unpaired) electrons. The third kappa shape index (κ3) is 3.97. The van der Waals surface area contributed by atoms with Crippen molar-refractivity contribution in [2.75, 3.05) is 6.54 Å². The maximum absolute atomic E-state index is 12.9. The summed E-state index contributed by atoms with van der Waals surface area (Å²) in [5.74, 6) is -0.424. The van der Waals surface area contributed by atoms with Crippen LogP contribution in [-0.4, -0.2) is 43.2 Å². The monoisotopic (exact) mass is 402 g/mol. The third-order valence-electron chi connectivity index (χ3n) is 6.14. The first-order valence-corrected chi connectivity index (χ1v) is 10.8. The van der Waals surface area contributed by atoms with E-state index in [-0.39, 0.29) is 11.8 Å². The Labute approximate surface area is 168 Å². The summed E-state index contributed by atoms with van der Waals surface area (Å²) in [4.78, 5) is 31.3. The van der Waals surface area contributed by atoms with Crippen LogP contribution in [0.3, 0.4) is 0 Å². The Morgan fingerprint density at radius 2 is 2.07 bits per heavy atom. The lowest BCUT2D eigenvalue weighted by Gasteiger charge is -2.31. The second-order valence-corrected chi connectivity index (χ2v) is 8.93. The predicted octanol–water partition coefficient (Wildman–Crippen LogP) is 2.86. The number of fused-ring (bicyclic) bond motifs is 1. The van der Waals surface area contributed by atoms with E-state index < -0.39 is 5.97 Å². The molecule has 3 heterocycles. The second kappa shape index (κ2) is 8.03. The average molecular weight is 403 g/mol. The van der Waals surface area contributed by atoms with Gasteiger partial charge in [0.05, 0.1) is 35.9 Å². The Hall–Kier alpha value is -2.22. The van der Waals surface area contributed by atoms with Gasteiger partial charge in [-0.1, -0.05) is 0 Å². The lowest BCUT2D eigenvalue weighted by atomic mass is 9.80. The summed E-state index contributed by atoms with van der Waals surface area (Å²) in [6, 6.07) is 0. The Bertz CT molecular complexity index is 853. The van der Waals surface area contributed by atoms with E-state index in [1.165, 1.54) is 5.56 Å². The number of amides is 1. The molecule has 150 valence electrons. The topological polar surface area (TPSA) is 88.3 Å². The first-order valence-electron chi connectivity index (χ1n) is 9.94. The summed E-state index contributed by atoms with van der Waals surface area (Å²) in [5.41, 5.74) is 5.29. The molecule has 1 fully saturated rings. The van der Waals surface area contributed by atoms with Gasteiger partial charge in [-0.2, -0.15) is 5.10 Å². The van der Waals surface area contributed by atoms with E-state index in [1.807, 2.05) is 28.2 Å². The minimum absolute atomic E-state index is 0.188. The second-order valence-electron chi connectivity index (χ2n) is 7.96. The van der Waals surface area contributed by atoms with E-state index in [0.29, 0.717) is 38.3 Å². The molecule has 1 saturated carbocycles. The van der Waals surface area contributed by atoms with E-state index in [1.54, 1.807) is 11.3 Å². The van der Waals surface area contributed by atoms with Crippen LogP contribution in [0.5, 0.6) is 0 Å². The van der Waals surface area contributed by atoms with Gasteiger partial charge in [0.25, 0.3) is 0 Å². The molecule has 0 unspecified atom stereocenters. The Morgan fingerprint density at radius 1 is 1.29 bits per heavy atom. The van der Waals surface area contributed by atoms with E-state index in [2.05, 4.69) is 4.98 Å². The molecule has 28 heavy (non-hydrogen) atoms. The fourth-order valence-electron chi connectivity index (χ4n) is 4.48. The first kappa shape index (κ1) is 19.1. The largest absolute Gasteiger partial charge is 0.481 e. The maximum Gasteiger partial charge on any atom is 0.306 e. The quantitative estimate of drug-likeness (QED) is 0.831. The highest BCUT2D eigenvalue weighted by atomic mass is 32.1. The molecule has 0 saturated heterocycles. The van der Waals surface area contributed by atoms with Crippen molar-refractivity contribution in [2.45, 2.75) is 58.5 Å². The predicted molar refractivity (Wildman–Crippen MR) is 105 cm³/mol. The summed E-state index contributed by atoms with van der Waals surface area (Å²) in [6.07, 6.45) is 6.31. The van der Waals surface area contributed by atoms with Crippen LogP contribution in [0.2, 0.25) is 0 Å². The molecule has 1 aliphatic carbocycles. The number of carboxylic acids is 1. The van der Waals surface area contributed by atoms with E-state index in [9.17, 15) is 9.59 Å². The molecule has 7 nitrogen and oxygen atoms in total. The number of hydrogen-bond donors (Lipinski definition) is 1. The number of aryl methyl sites for hydroxylation is 1. The SMILES string of the molecule is Cc1nn(Cc2cncs2)c2c1CCN(C(=O)C[C@H]1CC[C@H](C(=O)O)CC1)C2. The molecule has 0 atom stereocenters. The lowest BCUT2D eigenvalue weighted by Crippen LogP contribution is -2.38. The summed E-state index contributed by atoms with van der Waals surface area (Å²) < 4.78 is 2.02. The van der Waals surface area contributed by atoms with Crippen molar-refractivity contribution in [3.8, 4) is 0 Å². The average Bonchev–Trinajstić information content (AvgIpc) is 3.30. The van der Waals surface area contributed by atoms with E-state index >= 15 is 0 Å². The van der Waals surface area contributed by atoms with E-state index in [4.69, 9.17) is 10.2 Å². The molecule has 4 rings (SSSR count). The molecule has 1 N–H and O–H groups in total. The molecular formula is C20H26N4O3S. The van der Waals surface area contributed by atoms with Crippen LogP contribution >= 0.6 is 11.3 Å². The number of aliphatic carboxylic acids is 1. The minimum atomic E-state index is -0.696. The summed E-state index contributed by atoms with van der Waals surface area (Å²) in [7, 11) is 0. The van der Waals surface area contributed by atoms with Crippen molar-refractivity contribution in [2.24, 2.45) is 11.8 Å². The number of carboxylic acid groups (broad SMARTS) is 1. The maximum atomic E-state index is 12.9. The minimum Gasteiger partial charge on any atom is -0.481 e. The number of hydrogen-bond acceptors (Lipinski definition) is 5. The molecule has 0 aromatic carbocycles. The molecule has 1 amide bonds. The molecule has 1 aliphatic heterocycles. The third-order valence-corrected chi connectivity index (χ3v) is 6.91. The van der Waals surface area contributed by atoms with Crippen molar-refractivity contribution in [3.63, 3.8) is 0 Å². The van der Waals surface area contributed by atoms with Gasteiger partial charge in [0, 0.05) is 24.0 Å². The van der Waals surface area contributed by atoms with Gasteiger partial charge < -0.3 is 10.0 Å². The van der Waals surface area contributed by atoms with Crippen LogP contribution in [-0.2, 0) is 29.1 Å². The highest BCUT2D eigenvalue weighted by Gasteiger charge is 2.30. The zero-order chi connectivity index (χ0) is 19.7. The number of aromatic nitrogens is 3. The fourth-order valence-corrected chi connectivity index (χ4v) is 5.05. The molecule has 2 aromatic rings. The molecule has 0 spiro atoms. The molecule has 2 aromatic heterocycles. The van der Waals surface area contributed by atoms with Crippen LogP contribution in [0, 0.1) is 18.8 Å². The number of rotatable bonds is 5. The highest BCUT2D eigenvalue weighted by Crippen LogP contribution is 2.32. The smallest absolute Gasteiger partial charge is 0.306 e. The van der Waals surface area contributed by atoms with Crippen LogP contribution < -0.4 is 0 Å². The summed E-state index contributed by atoms with van der Waals surface area (Å²) in [6.45, 7) is 4.09. The van der Waals surface area contributed by atoms with Gasteiger partial charge in [0.15, 0.2) is 0 Å². The van der Waals surface area contributed by atoms with Crippen molar-refractivity contribution in [3.05, 3.63) is 33.5 Å². The molecule has 0 bridgehead atoms. The van der Waals surface area contributed by atoms with Gasteiger partial charge in [-0.05, 0) is 50.5 Å². The number of carbonyl (C=O) groups is 2. The Morgan fingerprint density at radius 3 is 2.75 bits per heavy atom. The molecular weight excluding hydrogens is 376 g/mol. The van der Waals surface area contributed by atoms with Crippen molar-refractivity contribution in [1.82, 2.24) is 19.7 Å². The van der Waals surface area contributed by atoms with E-state index in [0.717, 1.165) is 42.1 Å². The van der Waals surface area contributed by atoms with Crippen LogP contribution in [0.15, 0.2) is 11.7 Å². The van der Waals surface area contributed by atoms with Gasteiger partial charge >= 0.3 is 5.97 Å². The van der Waals surface area contributed by atoms with Crippen LogP contribution in [0.1, 0.15) is 53.9 Å². The molecule has 2 aliphatic rings. The Balaban J connectivity index is 1.39. The van der Waals surface area contributed by atoms with Gasteiger partial charge in [-0.25, -0.2) is 0 Å². The van der Waals surface area contributed by atoms with Crippen molar-refractivity contribution >= 4 is 23.2 Å². The fraction of sp³-hybridized carbons (Fsp3) is 0.600.